The largest absolute Gasteiger partial charge is 0.394 e. The standard InChI is InChI=1S/C24H20N10O2/c25-11-17(21-19(13-27)23(29)33(31-21)5-7-35)9-15-1-2-16(4-3-15)10-18(12-26)22-20(14-28)24(30)34(32-22)6-8-36/h1-4,9-10,35-36H,5-8,29-30H2. The van der Waals surface area contributed by atoms with E-state index in [-0.39, 0.29) is 71.6 Å². The molecule has 0 fully saturated rings. The van der Waals surface area contributed by atoms with Crippen molar-refractivity contribution in [2.45, 2.75) is 13.1 Å². The Balaban J connectivity index is 1.97. The van der Waals surface area contributed by atoms with Crippen molar-refractivity contribution >= 4 is 34.9 Å². The fourth-order valence-corrected chi connectivity index (χ4v) is 3.41. The van der Waals surface area contributed by atoms with Gasteiger partial charge in [-0.05, 0) is 23.3 Å². The van der Waals surface area contributed by atoms with E-state index in [0.717, 1.165) is 0 Å². The van der Waals surface area contributed by atoms with Gasteiger partial charge < -0.3 is 21.7 Å². The quantitative estimate of drug-likeness (QED) is 0.336. The van der Waals surface area contributed by atoms with Crippen LogP contribution < -0.4 is 11.5 Å². The van der Waals surface area contributed by atoms with Crippen LogP contribution in [0, 0.1) is 45.3 Å². The number of benzene rings is 1. The van der Waals surface area contributed by atoms with Crippen molar-refractivity contribution in [2.75, 3.05) is 24.7 Å². The van der Waals surface area contributed by atoms with E-state index < -0.39 is 0 Å². The van der Waals surface area contributed by atoms with Gasteiger partial charge in [-0.2, -0.15) is 31.2 Å². The van der Waals surface area contributed by atoms with E-state index in [1.54, 1.807) is 24.3 Å². The molecule has 12 nitrogen and oxygen atoms in total. The van der Waals surface area contributed by atoms with Crippen LogP contribution in [0.15, 0.2) is 24.3 Å². The number of nitrogens with zero attached hydrogens (tertiary/aromatic N) is 8. The molecule has 1 aromatic carbocycles. The van der Waals surface area contributed by atoms with Crippen molar-refractivity contribution in [2.24, 2.45) is 0 Å². The molecule has 3 aromatic rings. The fraction of sp³-hybridized carbons (Fsp3) is 0.167. The second-order valence-corrected chi connectivity index (χ2v) is 7.34. The van der Waals surface area contributed by atoms with Crippen LogP contribution in [0.4, 0.5) is 11.6 Å². The van der Waals surface area contributed by atoms with Gasteiger partial charge in [-0.3, -0.25) is 0 Å². The zero-order valence-electron chi connectivity index (χ0n) is 18.9. The van der Waals surface area contributed by atoms with Gasteiger partial charge in [-0.15, -0.1) is 0 Å². The van der Waals surface area contributed by atoms with Crippen molar-refractivity contribution in [3.05, 3.63) is 57.9 Å². The number of nitrogens with two attached hydrogens (primary N) is 2. The number of aliphatic hydroxyl groups excluding tert-OH is 2. The van der Waals surface area contributed by atoms with E-state index in [4.69, 9.17) is 21.7 Å². The van der Waals surface area contributed by atoms with Crippen molar-refractivity contribution in [1.29, 1.82) is 21.0 Å². The van der Waals surface area contributed by atoms with Crippen LogP contribution >= 0.6 is 0 Å². The maximum absolute atomic E-state index is 9.66. The Labute approximate surface area is 206 Å². The Bertz CT molecular complexity index is 1400. The fourth-order valence-electron chi connectivity index (χ4n) is 3.41. The lowest BCUT2D eigenvalue weighted by molar-refractivity contribution is 0.270. The van der Waals surface area contributed by atoms with Crippen LogP contribution in [0.3, 0.4) is 0 Å². The molecule has 0 unspecified atom stereocenters. The molecule has 0 aliphatic carbocycles. The van der Waals surface area contributed by atoms with Gasteiger partial charge in [0, 0.05) is 0 Å². The van der Waals surface area contributed by atoms with Gasteiger partial charge >= 0.3 is 0 Å². The Morgan fingerprint density at radius 3 is 1.39 bits per heavy atom. The van der Waals surface area contributed by atoms with Crippen molar-refractivity contribution in [1.82, 2.24) is 19.6 Å². The number of aromatic nitrogens is 4. The second kappa shape index (κ2) is 11.1. The highest BCUT2D eigenvalue weighted by Crippen LogP contribution is 2.27. The molecule has 2 aromatic heterocycles. The smallest absolute Gasteiger partial charge is 0.140 e. The van der Waals surface area contributed by atoms with Gasteiger partial charge in [0.15, 0.2) is 0 Å². The minimum atomic E-state index is -0.231. The zero-order valence-corrected chi connectivity index (χ0v) is 18.9. The van der Waals surface area contributed by atoms with Crippen LogP contribution in [0.1, 0.15) is 33.6 Å². The second-order valence-electron chi connectivity index (χ2n) is 7.34. The summed E-state index contributed by atoms with van der Waals surface area (Å²) in [5.74, 6) is 0.122. The predicted octanol–water partition coefficient (Wildman–Crippen LogP) is 1.10. The maximum Gasteiger partial charge on any atom is 0.140 e. The lowest BCUT2D eigenvalue weighted by Crippen LogP contribution is -2.07. The average Bonchev–Trinajstić information content (AvgIpc) is 3.37. The highest BCUT2D eigenvalue weighted by molar-refractivity contribution is 5.93. The summed E-state index contributed by atoms with van der Waals surface area (Å²) in [5, 5.41) is 64.9. The lowest BCUT2D eigenvalue weighted by Gasteiger charge is -2.00. The van der Waals surface area contributed by atoms with Crippen LogP contribution in [-0.4, -0.2) is 43.0 Å². The average molecular weight is 480 g/mol. The first kappa shape index (κ1) is 25.2. The van der Waals surface area contributed by atoms with Crippen LogP contribution in [0.25, 0.3) is 23.3 Å². The molecule has 0 bridgehead atoms. The van der Waals surface area contributed by atoms with Gasteiger partial charge in [-0.1, -0.05) is 24.3 Å². The predicted molar refractivity (Wildman–Crippen MR) is 130 cm³/mol. The molecule has 0 radical (unpaired) electrons. The zero-order chi connectivity index (χ0) is 26.2. The molecule has 12 heteroatoms. The summed E-state index contributed by atoms with van der Waals surface area (Å²) in [6, 6.07) is 14.7. The van der Waals surface area contributed by atoms with Gasteiger partial charge in [0.1, 0.15) is 58.4 Å². The Kier molecular flexibility index (Phi) is 7.81. The first-order valence-corrected chi connectivity index (χ1v) is 10.5. The third kappa shape index (κ3) is 4.91. The number of allylic oxidation sites excluding steroid dienone is 2. The SMILES string of the molecule is N#CC(=Cc1ccc(C=C(C#N)c2nn(CCO)c(N)c2C#N)cc1)c1nn(CCO)c(N)c1C#N. The van der Waals surface area contributed by atoms with E-state index >= 15 is 0 Å². The number of rotatable bonds is 8. The third-order valence-corrected chi connectivity index (χ3v) is 5.14. The number of nitriles is 4. The highest BCUT2D eigenvalue weighted by Gasteiger charge is 2.20. The minimum absolute atomic E-state index is 0.0441. The van der Waals surface area contributed by atoms with E-state index in [0.29, 0.717) is 11.1 Å². The number of hydrogen-bond acceptors (Lipinski definition) is 10. The molecule has 0 saturated heterocycles. The molecule has 0 saturated carbocycles. The Morgan fingerprint density at radius 2 is 1.11 bits per heavy atom. The molecule has 3 rings (SSSR count). The molecular weight excluding hydrogens is 460 g/mol. The summed E-state index contributed by atoms with van der Waals surface area (Å²) < 4.78 is 2.53. The molecule has 6 N–H and O–H groups in total. The molecule has 0 aliphatic heterocycles. The summed E-state index contributed by atoms with van der Waals surface area (Å²) in [6.45, 7) is -0.297. The van der Waals surface area contributed by atoms with Gasteiger partial charge in [0.2, 0.25) is 0 Å². The summed E-state index contributed by atoms with van der Waals surface area (Å²) in [5.41, 5.74) is 13.6. The van der Waals surface area contributed by atoms with Gasteiger partial charge in [0.05, 0.1) is 37.4 Å². The van der Waals surface area contributed by atoms with E-state index in [2.05, 4.69) is 10.2 Å². The molecule has 36 heavy (non-hydrogen) atoms. The van der Waals surface area contributed by atoms with Crippen LogP contribution in [0.2, 0.25) is 0 Å². The first-order valence-electron chi connectivity index (χ1n) is 10.5. The lowest BCUT2D eigenvalue weighted by atomic mass is 10.0. The van der Waals surface area contributed by atoms with E-state index in [9.17, 15) is 21.0 Å². The van der Waals surface area contributed by atoms with E-state index in [1.165, 1.54) is 21.5 Å². The third-order valence-electron chi connectivity index (χ3n) is 5.14. The summed E-state index contributed by atoms with van der Waals surface area (Å²) >= 11 is 0. The van der Waals surface area contributed by atoms with Crippen LogP contribution in [-0.2, 0) is 13.1 Å². The maximum atomic E-state index is 9.66. The summed E-state index contributed by atoms with van der Waals surface area (Å²) in [6.07, 6.45) is 3.07. The molecule has 178 valence electrons. The van der Waals surface area contributed by atoms with Gasteiger partial charge in [0.25, 0.3) is 0 Å². The minimum Gasteiger partial charge on any atom is -0.394 e. The number of anilines is 2. The van der Waals surface area contributed by atoms with Crippen molar-refractivity contribution in [3.8, 4) is 24.3 Å². The molecular formula is C24H20N10O2. The molecule has 0 spiro atoms. The van der Waals surface area contributed by atoms with Crippen molar-refractivity contribution < 1.29 is 10.2 Å². The summed E-state index contributed by atoms with van der Waals surface area (Å²) in [7, 11) is 0. The van der Waals surface area contributed by atoms with Crippen molar-refractivity contribution in [3.63, 3.8) is 0 Å². The normalized spacial score (nSPS) is 11.4. The molecule has 0 amide bonds. The molecule has 0 aliphatic rings. The first-order chi connectivity index (χ1) is 17.4. The Hall–Kier alpha value is -5.40. The Morgan fingerprint density at radius 1 is 0.750 bits per heavy atom. The number of aliphatic hydroxyl groups is 2. The molecule has 0 atom stereocenters. The van der Waals surface area contributed by atoms with Crippen LogP contribution in [0.5, 0.6) is 0 Å². The monoisotopic (exact) mass is 480 g/mol. The summed E-state index contributed by atoms with van der Waals surface area (Å²) in [4.78, 5) is 0. The number of nitrogen functional groups attached to an aromatic ring is 2. The van der Waals surface area contributed by atoms with E-state index in [1.807, 2.05) is 24.3 Å². The molecule has 2 heterocycles. The number of hydrogen-bond donors (Lipinski definition) is 4. The van der Waals surface area contributed by atoms with Gasteiger partial charge in [-0.25, -0.2) is 9.36 Å². The topological polar surface area (TPSA) is 223 Å². The highest BCUT2D eigenvalue weighted by atomic mass is 16.3.